The van der Waals surface area contributed by atoms with E-state index in [1.165, 1.54) is 0 Å². The van der Waals surface area contributed by atoms with Gasteiger partial charge in [0.25, 0.3) is 0 Å². The van der Waals surface area contributed by atoms with Crippen molar-refractivity contribution < 1.29 is 14.3 Å². The Balaban J connectivity index is 1.87. The van der Waals surface area contributed by atoms with Gasteiger partial charge in [-0.1, -0.05) is 36.4 Å². The molecule has 0 radical (unpaired) electrons. The standard InChI is InChI=1S/C15H11NO3/c17-14-11-7-4-8-12(13(11)15(18)19-14)16-9-10-5-2-1-3-6-10/h1-8,16H,9H2. The van der Waals surface area contributed by atoms with Crippen LogP contribution in [-0.2, 0) is 11.3 Å². The van der Waals surface area contributed by atoms with Gasteiger partial charge in [-0.15, -0.1) is 0 Å². The molecule has 19 heavy (non-hydrogen) atoms. The van der Waals surface area contributed by atoms with Crippen molar-refractivity contribution in [3.63, 3.8) is 0 Å². The van der Waals surface area contributed by atoms with E-state index in [0.717, 1.165) is 5.56 Å². The maximum atomic E-state index is 11.6. The molecule has 3 rings (SSSR count). The summed E-state index contributed by atoms with van der Waals surface area (Å²) in [7, 11) is 0. The van der Waals surface area contributed by atoms with Crippen LogP contribution in [0.25, 0.3) is 0 Å². The van der Waals surface area contributed by atoms with Crippen molar-refractivity contribution in [3.8, 4) is 0 Å². The van der Waals surface area contributed by atoms with Crippen LogP contribution in [0.2, 0.25) is 0 Å². The minimum Gasteiger partial charge on any atom is -0.386 e. The number of anilines is 1. The van der Waals surface area contributed by atoms with Gasteiger partial charge in [-0.25, -0.2) is 9.59 Å². The highest BCUT2D eigenvalue weighted by molar-refractivity contribution is 6.17. The first-order valence-electron chi connectivity index (χ1n) is 5.93. The highest BCUT2D eigenvalue weighted by Crippen LogP contribution is 2.27. The number of esters is 2. The van der Waals surface area contributed by atoms with Crippen molar-refractivity contribution in [1.29, 1.82) is 0 Å². The highest BCUT2D eigenvalue weighted by atomic mass is 16.6. The molecule has 0 saturated carbocycles. The van der Waals surface area contributed by atoms with Crippen LogP contribution in [0, 0.1) is 0 Å². The van der Waals surface area contributed by atoms with Crippen molar-refractivity contribution in [2.24, 2.45) is 0 Å². The second kappa shape index (κ2) is 4.57. The van der Waals surface area contributed by atoms with Gasteiger partial charge in [-0.3, -0.25) is 0 Å². The monoisotopic (exact) mass is 253 g/mol. The van der Waals surface area contributed by atoms with E-state index in [4.69, 9.17) is 0 Å². The Kier molecular flexibility index (Phi) is 2.76. The lowest BCUT2D eigenvalue weighted by molar-refractivity contribution is 0.0444. The van der Waals surface area contributed by atoms with Crippen LogP contribution < -0.4 is 5.32 Å². The predicted octanol–water partition coefficient (Wildman–Crippen LogP) is 2.61. The summed E-state index contributed by atoms with van der Waals surface area (Å²) < 4.78 is 4.61. The molecule has 2 aromatic rings. The lowest BCUT2D eigenvalue weighted by Gasteiger charge is -2.08. The van der Waals surface area contributed by atoms with Crippen molar-refractivity contribution in [2.45, 2.75) is 6.54 Å². The largest absolute Gasteiger partial charge is 0.386 e. The third-order valence-corrected chi connectivity index (χ3v) is 3.00. The SMILES string of the molecule is O=C1OC(=O)c2c(NCc3ccccc3)cccc21. The molecule has 0 saturated heterocycles. The first kappa shape index (κ1) is 11.5. The summed E-state index contributed by atoms with van der Waals surface area (Å²) in [4.78, 5) is 23.1. The molecule has 0 aliphatic carbocycles. The van der Waals surface area contributed by atoms with E-state index in [0.29, 0.717) is 23.4 Å². The number of ether oxygens (including phenoxy) is 1. The minimum atomic E-state index is -0.587. The zero-order chi connectivity index (χ0) is 13.2. The summed E-state index contributed by atoms with van der Waals surface area (Å²) in [5.74, 6) is -1.17. The second-order valence-electron chi connectivity index (χ2n) is 4.24. The fraction of sp³-hybridized carbons (Fsp3) is 0.0667. The third kappa shape index (κ3) is 2.08. The Bertz CT molecular complexity index is 650. The van der Waals surface area contributed by atoms with Crippen LogP contribution in [0.5, 0.6) is 0 Å². The molecule has 1 aliphatic heterocycles. The number of rotatable bonds is 3. The minimum absolute atomic E-state index is 0.322. The summed E-state index contributed by atoms with van der Waals surface area (Å²) >= 11 is 0. The van der Waals surface area contributed by atoms with Gasteiger partial charge in [0.05, 0.1) is 11.1 Å². The van der Waals surface area contributed by atoms with E-state index in [-0.39, 0.29) is 0 Å². The Morgan fingerprint density at radius 2 is 1.68 bits per heavy atom. The number of cyclic esters (lactones) is 2. The molecule has 0 fully saturated rings. The van der Waals surface area contributed by atoms with Crippen molar-refractivity contribution >= 4 is 17.6 Å². The number of hydrogen-bond donors (Lipinski definition) is 1. The highest BCUT2D eigenvalue weighted by Gasteiger charge is 2.31. The Labute approximate surface area is 110 Å². The van der Waals surface area contributed by atoms with Crippen LogP contribution in [0.4, 0.5) is 5.69 Å². The van der Waals surface area contributed by atoms with E-state index in [9.17, 15) is 9.59 Å². The lowest BCUT2D eigenvalue weighted by atomic mass is 10.1. The molecule has 0 unspecified atom stereocenters. The molecule has 0 aromatic heterocycles. The number of carbonyl (C=O) groups is 2. The fourth-order valence-corrected chi connectivity index (χ4v) is 2.07. The number of hydrogen-bond acceptors (Lipinski definition) is 4. The Morgan fingerprint density at radius 3 is 2.47 bits per heavy atom. The van der Waals surface area contributed by atoms with Crippen LogP contribution in [0.3, 0.4) is 0 Å². The molecule has 1 aliphatic rings. The summed E-state index contributed by atoms with van der Waals surface area (Å²) in [6.07, 6.45) is 0. The van der Waals surface area contributed by atoms with E-state index < -0.39 is 11.9 Å². The third-order valence-electron chi connectivity index (χ3n) is 3.00. The maximum Gasteiger partial charge on any atom is 0.349 e. The smallest absolute Gasteiger partial charge is 0.349 e. The molecular weight excluding hydrogens is 242 g/mol. The van der Waals surface area contributed by atoms with Gasteiger partial charge in [0.15, 0.2) is 0 Å². The first-order chi connectivity index (χ1) is 9.25. The van der Waals surface area contributed by atoms with Crippen LogP contribution in [-0.4, -0.2) is 11.9 Å². The molecule has 0 atom stereocenters. The predicted molar refractivity (Wildman–Crippen MR) is 70.0 cm³/mol. The number of nitrogens with one attached hydrogen (secondary N) is 1. The summed E-state index contributed by atoms with van der Waals surface area (Å²) in [6, 6.07) is 14.9. The van der Waals surface area contributed by atoms with Gasteiger partial charge in [-0.2, -0.15) is 0 Å². The fourth-order valence-electron chi connectivity index (χ4n) is 2.07. The van der Waals surface area contributed by atoms with Gasteiger partial charge < -0.3 is 10.1 Å². The summed E-state index contributed by atoms with van der Waals surface area (Å²) in [6.45, 7) is 0.582. The van der Waals surface area contributed by atoms with Gasteiger partial charge in [-0.05, 0) is 17.7 Å². The Morgan fingerprint density at radius 1 is 0.895 bits per heavy atom. The van der Waals surface area contributed by atoms with E-state index in [2.05, 4.69) is 10.1 Å². The quantitative estimate of drug-likeness (QED) is 0.674. The zero-order valence-corrected chi connectivity index (χ0v) is 10.1. The molecule has 4 heteroatoms. The Hall–Kier alpha value is -2.62. The summed E-state index contributed by atoms with van der Waals surface area (Å²) in [5.41, 5.74) is 2.36. The van der Waals surface area contributed by atoms with Gasteiger partial charge in [0.1, 0.15) is 0 Å². The van der Waals surface area contributed by atoms with Gasteiger partial charge in [0, 0.05) is 12.2 Å². The average Bonchev–Trinajstić information content (AvgIpc) is 2.74. The molecule has 4 nitrogen and oxygen atoms in total. The van der Waals surface area contributed by atoms with Crippen LogP contribution in [0.15, 0.2) is 48.5 Å². The molecule has 94 valence electrons. The average molecular weight is 253 g/mol. The second-order valence-corrected chi connectivity index (χ2v) is 4.24. The maximum absolute atomic E-state index is 11.6. The van der Waals surface area contributed by atoms with E-state index in [1.54, 1.807) is 18.2 Å². The molecule has 0 bridgehead atoms. The normalized spacial score (nSPS) is 13.1. The van der Waals surface area contributed by atoms with E-state index >= 15 is 0 Å². The molecule has 2 aromatic carbocycles. The van der Waals surface area contributed by atoms with Crippen LogP contribution >= 0.6 is 0 Å². The van der Waals surface area contributed by atoms with Crippen LogP contribution in [0.1, 0.15) is 26.3 Å². The lowest BCUT2D eigenvalue weighted by Crippen LogP contribution is -2.05. The van der Waals surface area contributed by atoms with Gasteiger partial charge >= 0.3 is 11.9 Å². The molecule has 1 N–H and O–H groups in total. The molecule has 0 spiro atoms. The van der Waals surface area contributed by atoms with Crippen molar-refractivity contribution in [3.05, 3.63) is 65.2 Å². The number of fused-ring (bicyclic) bond motifs is 1. The topological polar surface area (TPSA) is 55.4 Å². The number of carbonyl (C=O) groups excluding carboxylic acids is 2. The van der Waals surface area contributed by atoms with Crippen molar-refractivity contribution in [2.75, 3.05) is 5.32 Å². The van der Waals surface area contributed by atoms with Gasteiger partial charge in [0.2, 0.25) is 0 Å². The molecule has 0 amide bonds. The summed E-state index contributed by atoms with van der Waals surface area (Å²) in [5, 5.41) is 3.16. The molecular formula is C15H11NO3. The first-order valence-corrected chi connectivity index (χ1v) is 5.93. The number of benzene rings is 2. The van der Waals surface area contributed by atoms with Crippen molar-refractivity contribution in [1.82, 2.24) is 0 Å². The van der Waals surface area contributed by atoms with E-state index in [1.807, 2.05) is 30.3 Å². The molecule has 1 heterocycles. The zero-order valence-electron chi connectivity index (χ0n) is 10.1.